The third-order valence-corrected chi connectivity index (χ3v) is 4.61. The first-order valence-corrected chi connectivity index (χ1v) is 7.41. The lowest BCUT2D eigenvalue weighted by atomic mass is 9.78. The predicted octanol–water partition coefficient (Wildman–Crippen LogP) is 2.24. The van der Waals surface area contributed by atoms with Crippen molar-refractivity contribution in [1.29, 1.82) is 0 Å². The fraction of sp³-hybridized carbons (Fsp3) is 0.625. The lowest BCUT2D eigenvalue weighted by Gasteiger charge is -2.34. The summed E-state index contributed by atoms with van der Waals surface area (Å²) in [4.78, 5) is 0. The van der Waals surface area contributed by atoms with Gasteiger partial charge in [-0.3, -0.25) is 0 Å². The molecule has 0 spiro atoms. The Morgan fingerprint density at radius 3 is 2.60 bits per heavy atom. The van der Waals surface area contributed by atoms with Gasteiger partial charge in [-0.1, -0.05) is 25.0 Å². The van der Waals surface area contributed by atoms with Gasteiger partial charge < -0.3 is 19.9 Å². The summed E-state index contributed by atoms with van der Waals surface area (Å²) >= 11 is 0. The molecule has 0 unspecified atom stereocenters. The lowest BCUT2D eigenvalue weighted by molar-refractivity contribution is -0.0809. The van der Waals surface area contributed by atoms with E-state index >= 15 is 0 Å². The smallest absolute Gasteiger partial charge is 0.165 e. The molecular formula is C16H23NO3. The molecule has 2 N–H and O–H groups in total. The van der Waals surface area contributed by atoms with E-state index < -0.39 is 0 Å². The van der Waals surface area contributed by atoms with E-state index in [9.17, 15) is 0 Å². The van der Waals surface area contributed by atoms with Crippen LogP contribution in [0, 0.1) is 0 Å². The number of methoxy groups -OCH3 is 1. The Morgan fingerprint density at radius 2 is 2.05 bits per heavy atom. The van der Waals surface area contributed by atoms with Crippen molar-refractivity contribution in [3.05, 3.63) is 23.8 Å². The van der Waals surface area contributed by atoms with Crippen LogP contribution in [0.5, 0.6) is 11.5 Å². The molecule has 0 amide bonds. The van der Waals surface area contributed by atoms with Crippen LogP contribution in [0.25, 0.3) is 0 Å². The fourth-order valence-corrected chi connectivity index (χ4v) is 3.30. The maximum absolute atomic E-state index is 6.14. The van der Waals surface area contributed by atoms with Crippen molar-refractivity contribution in [1.82, 2.24) is 0 Å². The zero-order valence-electron chi connectivity index (χ0n) is 12.1. The number of rotatable bonds is 5. The molecule has 1 saturated heterocycles. The molecule has 1 aromatic carbocycles. The number of hydrogen-bond donors (Lipinski definition) is 1. The molecule has 4 nitrogen and oxygen atoms in total. The van der Waals surface area contributed by atoms with E-state index in [-0.39, 0.29) is 11.5 Å². The van der Waals surface area contributed by atoms with Gasteiger partial charge in [-0.15, -0.1) is 0 Å². The first-order chi connectivity index (χ1) is 9.79. The van der Waals surface area contributed by atoms with Gasteiger partial charge in [0.25, 0.3) is 0 Å². The minimum absolute atomic E-state index is 0.0501. The second-order valence-corrected chi connectivity index (χ2v) is 5.81. The zero-order valence-corrected chi connectivity index (χ0v) is 12.1. The fourth-order valence-electron chi connectivity index (χ4n) is 3.30. The van der Waals surface area contributed by atoms with Gasteiger partial charge in [-0.05, 0) is 18.9 Å². The summed E-state index contributed by atoms with van der Waals surface area (Å²) in [5.41, 5.74) is 7.38. The zero-order chi connectivity index (χ0) is 14.0. The molecule has 0 bridgehead atoms. The Morgan fingerprint density at radius 1 is 1.30 bits per heavy atom. The molecule has 2 fully saturated rings. The summed E-state index contributed by atoms with van der Waals surface area (Å²) in [5.74, 6) is 1.67. The normalized spacial score (nSPS) is 21.5. The highest BCUT2D eigenvalue weighted by Crippen LogP contribution is 2.47. The van der Waals surface area contributed by atoms with Crippen LogP contribution in [0.3, 0.4) is 0 Å². The van der Waals surface area contributed by atoms with E-state index in [4.69, 9.17) is 19.9 Å². The van der Waals surface area contributed by atoms with Gasteiger partial charge >= 0.3 is 0 Å². The van der Waals surface area contributed by atoms with Crippen molar-refractivity contribution < 1.29 is 14.2 Å². The molecule has 0 aromatic heterocycles. The van der Waals surface area contributed by atoms with Crippen molar-refractivity contribution in [3.8, 4) is 11.5 Å². The number of para-hydroxylation sites is 1. The van der Waals surface area contributed by atoms with E-state index in [1.54, 1.807) is 7.11 Å². The summed E-state index contributed by atoms with van der Waals surface area (Å²) in [6.45, 7) is 1.98. The molecule has 1 aromatic rings. The van der Waals surface area contributed by atoms with Crippen molar-refractivity contribution in [3.63, 3.8) is 0 Å². The average Bonchev–Trinajstić information content (AvgIpc) is 2.92. The van der Waals surface area contributed by atoms with E-state index in [0.29, 0.717) is 19.8 Å². The Hall–Kier alpha value is -1.26. The standard InChI is InChI=1S/C16H23NO3/c1-18-14-6-4-5-13(15(14)20-12-9-19-10-12)16(11-17)7-2-3-8-16/h4-6,12H,2-3,7-11,17H2,1H3. The molecule has 1 aliphatic carbocycles. The van der Waals surface area contributed by atoms with Gasteiger partial charge in [-0.25, -0.2) is 0 Å². The van der Waals surface area contributed by atoms with Gasteiger partial charge in [0.15, 0.2) is 11.5 Å². The highest BCUT2D eigenvalue weighted by Gasteiger charge is 2.38. The molecular weight excluding hydrogens is 254 g/mol. The molecule has 1 saturated carbocycles. The first kappa shape index (κ1) is 13.7. The van der Waals surface area contributed by atoms with Crippen LogP contribution in [0.4, 0.5) is 0 Å². The number of hydrogen-bond acceptors (Lipinski definition) is 4. The lowest BCUT2D eigenvalue weighted by Crippen LogP contribution is -2.40. The number of benzene rings is 1. The second kappa shape index (κ2) is 5.62. The van der Waals surface area contributed by atoms with Crippen LogP contribution in [-0.2, 0) is 10.2 Å². The van der Waals surface area contributed by atoms with E-state index in [0.717, 1.165) is 24.3 Å². The summed E-state index contributed by atoms with van der Waals surface area (Å²) in [6, 6.07) is 6.14. The van der Waals surface area contributed by atoms with Crippen LogP contribution >= 0.6 is 0 Å². The van der Waals surface area contributed by atoms with Gasteiger partial charge in [0.2, 0.25) is 0 Å². The van der Waals surface area contributed by atoms with Gasteiger partial charge in [-0.2, -0.15) is 0 Å². The third-order valence-electron chi connectivity index (χ3n) is 4.61. The minimum atomic E-state index is 0.0501. The molecule has 0 radical (unpaired) electrons. The number of ether oxygens (including phenoxy) is 3. The Labute approximate surface area is 120 Å². The highest BCUT2D eigenvalue weighted by molar-refractivity contribution is 5.51. The summed E-state index contributed by atoms with van der Waals surface area (Å²) in [5, 5.41) is 0. The Balaban J connectivity index is 1.99. The van der Waals surface area contributed by atoms with Gasteiger partial charge in [0, 0.05) is 17.5 Å². The van der Waals surface area contributed by atoms with E-state index in [2.05, 4.69) is 6.07 Å². The van der Waals surface area contributed by atoms with Gasteiger partial charge in [0.05, 0.1) is 20.3 Å². The molecule has 1 aliphatic heterocycles. The molecule has 20 heavy (non-hydrogen) atoms. The molecule has 4 heteroatoms. The molecule has 1 heterocycles. The second-order valence-electron chi connectivity index (χ2n) is 5.81. The molecule has 0 atom stereocenters. The van der Waals surface area contributed by atoms with E-state index in [1.807, 2.05) is 12.1 Å². The summed E-state index contributed by atoms with van der Waals surface area (Å²) in [7, 11) is 1.69. The largest absolute Gasteiger partial charge is 0.493 e. The maximum atomic E-state index is 6.14. The van der Waals surface area contributed by atoms with Crippen LogP contribution in [0.1, 0.15) is 31.2 Å². The quantitative estimate of drug-likeness (QED) is 0.897. The van der Waals surface area contributed by atoms with Crippen LogP contribution in [0.2, 0.25) is 0 Å². The molecule has 110 valence electrons. The average molecular weight is 277 g/mol. The minimum Gasteiger partial charge on any atom is -0.493 e. The Kier molecular flexibility index (Phi) is 3.85. The van der Waals surface area contributed by atoms with Crippen molar-refractivity contribution in [2.75, 3.05) is 26.9 Å². The molecule has 3 rings (SSSR count). The van der Waals surface area contributed by atoms with Crippen molar-refractivity contribution in [2.45, 2.75) is 37.2 Å². The topological polar surface area (TPSA) is 53.7 Å². The maximum Gasteiger partial charge on any atom is 0.165 e. The monoisotopic (exact) mass is 277 g/mol. The van der Waals surface area contributed by atoms with E-state index in [1.165, 1.54) is 18.4 Å². The summed E-state index contributed by atoms with van der Waals surface area (Å²) in [6.07, 6.45) is 4.88. The van der Waals surface area contributed by atoms with Crippen LogP contribution in [0.15, 0.2) is 18.2 Å². The number of nitrogens with two attached hydrogens (primary N) is 1. The first-order valence-electron chi connectivity index (χ1n) is 7.41. The van der Waals surface area contributed by atoms with Crippen LogP contribution in [-0.4, -0.2) is 33.0 Å². The molecule has 2 aliphatic rings. The summed E-state index contributed by atoms with van der Waals surface area (Å²) < 4.78 is 16.8. The third kappa shape index (κ3) is 2.27. The van der Waals surface area contributed by atoms with Gasteiger partial charge in [0.1, 0.15) is 6.10 Å². The van der Waals surface area contributed by atoms with Crippen LogP contribution < -0.4 is 15.2 Å². The SMILES string of the molecule is COc1cccc(C2(CN)CCCC2)c1OC1COC1. The van der Waals surface area contributed by atoms with Crippen molar-refractivity contribution in [2.24, 2.45) is 5.73 Å². The highest BCUT2D eigenvalue weighted by atomic mass is 16.6. The Bertz CT molecular complexity index is 465. The predicted molar refractivity (Wildman–Crippen MR) is 77.4 cm³/mol. The van der Waals surface area contributed by atoms with Crippen molar-refractivity contribution >= 4 is 0 Å².